The number of halogens is 3. The molecule has 0 saturated heterocycles. The highest BCUT2D eigenvalue weighted by atomic mass is 35.5. The quantitative estimate of drug-likeness (QED) is 0.158. The molecule has 0 saturated carbocycles. The summed E-state index contributed by atoms with van der Waals surface area (Å²) in [6.45, 7) is 1.39. The topological polar surface area (TPSA) is 140 Å². The van der Waals surface area contributed by atoms with Crippen LogP contribution in [-0.4, -0.2) is 67.9 Å². The van der Waals surface area contributed by atoms with E-state index in [4.69, 9.17) is 28.9 Å². The third-order valence-electron chi connectivity index (χ3n) is 7.51. The van der Waals surface area contributed by atoms with E-state index in [1.807, 2.05) is 14.1 Å². The number of hydrogen-bond donors (Lipinski definition) is 4. The van der Waals surface area contributed by atoms with E-state index in [1.54, 1.807) is 54.6 Å². The van der Waals surface area contributed by atoms with Gasteiger partial charge in [-0.15, -0.1) is 0 Å². The first-order valence-corrected chi connectivity index (χ1v) is 16.1. The summed E-state index contributed by atoms with van der Waals surface area (Å²) >= 11 is 12.5. The molecule has 0 heterocycles. The van der Waals surface area contributed by atoms with Crippen LogP contribution in [0.1, 0.15) is 41.5 Å². The molecule has 0 bridgehead atoms. The van der Waals surface area contributed by atoms with Gasteiger partial charge in [0.05, 0.1) is 17.7 Å². The molecular weight excluding hydrogens is 642 g/mol. The molecule has 250 valence electrons. The lowest BCUT2D eigenvalue weighted by molar-refractivity contribution is -0.130. The van der Waals surface area contributed by atoms with Gasteiger partial charge in [0.1, 0.15) is 11.9 Å². The second kappa shape index (κ2) is 19.0. The van der Waals surface area contributed by atoms with Crippen LogP contribution in [0, 0.1) is 17.1 Å². The van der Waals surface area contributed by atoms with E-state index in [9.17, 15) is 24.0 Å². The normalized spacial score (nSPS) is 12.9. The molecule has 3 aromatic rings. The van der Waals surface area contributed by atoms with Crippen LogP contribution >= 0.6 is 23.2 Å². The lowest BCUT2D eigenvalue weighted by Crippen LogP contribution is -2.55. The van der Waals surface area contributed by atoms with Crippen LogP contribution in [0.3, 0.4) is 0 Å². The number of nitriles is 1. The lowest BCUT2D eigenvalue weighted by atomic mass is 9.99. The van der Waals surface area contributed by atoms with Crippen molar-refractivity contribution in [2.45, 2.75) is 56.7 Å². The van der Waals surface area contributed by atoms with Gasteiger partial charge in [0.15, 0.2) is 0 Å². The fraction of sp³-hybridized carbons (Fsp3) is 0.371. The molecule has 0 aliphatic rings. The zero-order valence-electron chi connectivity index (χ0n) is 26.6. The molecule has 0 radical (unpaired) electrons. The number of nitrogens with two attached hydrogens (primary N) is 1. The Bertz CT molecular complexity index is 1550. The summed E-state index contributed by atoms with van der Waals surface area (Å²) in [6.07, 6.45) is 2.01. The largest absolute Gasteiger partial charge is 0.356 e. The Labute approximate surface area is 285 Å². The van der Waals surface area contributed by atoms with Crippen molar-refractivity contribution in [2.75, 3.05) is 27.2 Å². The summed E-state index contributed by atoms with van der Waals surface area (Å²) in [7, 11) is 3.97. The Morgan fingerprint density at radius 2 is 1.64 bits per heavy atom. The minimum atomic E-state index is -1.12. The monoisotopic (exact) mass is 682 g/mol. The molecule has 3 amide bonds. The number of carbonyl (C=O) groups excluding carboxylic acids is 3. The van der Waals surface area contributed by atoms with E-state index >= 15 is 0 Å². The van der Waals surface area contributed by atoms with E-state index in [0.717, 1.165) is 24.9 Å². The molecule has 5 N–H and O–H groups in total. The second-order valence-electron chi connectivity index (χ2n) is 11.7. The van der Waals surface area contributed by atoms with Gasteiger partial charge >= 0.3 is 0 Å². The highest BCUT2D eigenvalue weighted by Crippen LogP contribution is 2.22. The van der Waals surface area contributed by atoms with E-state index < -0.39 is 35.8 Å². The first kappa shape index (κ1) is 37.4. The van der Waals surface area contributed by atoms with Gasteiger partial charge in [-0.3, -0.25) is 14.4 Å². The summed E-state index contributed by atoms with van der Waals surface area (Å²) < 4.78 is 13.6. The number of unbranched alkanes of at least 4 members (excludes halogenated alkanes) is 1. The summed E-state index contributed by atoms with van der Waals surface area (Å²) in [5.41, 5.74) is 8.53. The second-order valence-corrected chi connectivity index (χ2v) is 12.5. The molecule has 0 aromatic heterocycles. The van der Waals surface area contributed by atoms with Gasteiger partial charge in [0.25, 0.3) is 0 Å². The predicted molar refractivity (Wildman–Crippen MR) is 182 cm³/mol. The van der Waals surface area contributed by atoms with Crippen LogP contribution in [0.25, 0.3) is 0 Å². The summed E-state index contributed by atoms with van der Waals surface area (Å²) in [4.78, 5) is 42.2. The lowest BCUT2D eigenvalue weighted by Gasteiger charge is -2.25. The number of hydrogen-bond acceptors (Lipinski definition) is 6. The van der Waals surface area contributed by atoms with Gasteiger partial charge in [-0.1, -0.05) is 59.6 Å². The van der Waals surface area contributed by atoms with Crippen molar-refractivity contribution in [1.82, 2.24) is 20.9 Å². The predicted octanol–water partition coefficient (Wildman–Crippen LogP) is 4.18. The number of benzene rings is 3. The number of nitrogens with one attached hydrogen (secondary N) is 3. The maximum atomic E-state index is 13.9. The van der Waals surface area contributed by atoms with Crippen LogP contribution in [0.5, 0.6) is 0 Å². The summed E-state index contributed by atoms with van der Waals surface area (Å²) in [5, 5.41) is 18.7. The number of amides is 3. The Balaban J connectivity index is 1.79. The molecule has 47 heavy (non-hydrogen) atoms. The smallest absolute Gasteiger partial charge is 0.243 e. The molecule has 0 unspecified atom stereocenters. The minimum absolute atomic E-state index is 0.0103. The average molecular weight is 684 g/mol. The van der Waals surface area contributed by atoms with E-state index in [2.05, 4.69) is 26.9 Å². The summed E-state index contributed by atoms with van der Waals surface area (Å²) in [6, 6.07) is 16.7. The first-order chi connectivity index (χ1) is 22.4. The molecule has 12 heteroatoms. The van der Waals surface area contributed by atoms with Gasteiger partial charge < -0.3 is 26.6 Å². The SMILES string of the molecule is CN(C)CCCCNC(=O)C[C@H](Cc1ccc(F)cc1)NC(=O)[C@@H](Cc1ccc(Cl)cc1Cl)NC(=O)[C@H](N)Cc1ccccc1C#N. The van der Waals surface area contributed by atoms with Gasteiger partial charge in [-0.2, -0.15) is 5.26 Å². The Morgan fingerprint density at radius 3 is 2.32 bits per heavy atom. The molecular formula is C35H41Cl2FN6O3. The van der Waals surface area contributed by atoms with Crippen molar-refractivity contribution in [3.63, 3.8) is 0 Å². The molecule has 0 spiro atoms. The molecule has 3 rings (SSSR count). The highest BCUT2D eigenvalue weighted by Gasteiger charge is 2.28. The van der Waals surface area contributed by atoms with E-state index in [1.165, 1.54) is 12.1 Å². The van der Waals surface area contributed by atoms with Gasteiger partial charge in [-0.25, -0.2) is 4.39 Å². The molecule has 0 aliphatic carbocycles. The number of carbonyl (C=O) groups is 3. The third-order valence-corrected chi connectivity index (χ3v) is 8.10. The molecule has 3 atom stereocenters. The van der Waals surface area contributed by atoms with E-state index in [0.29, 0.717) is 33.3 Å². The van der Waals surface area contributed by atoms with Crippen LogP contribution in [0.15, 0.2) is 66.7 Å². The first-order valence-electron chi connectivity index (χ1n) is 15.4. The number of rotatable bonds is 17. The van der Waals surface area contributed by atoms with Gasteiger partial charge in [-0.05, 0) is 93.3 Å². The number of nitrogens with zero attached hydrogens (tertiary/aromatic N) is 2. The van der Waals surface area contributed by atoms with E-state index in [-0.39, 0.29) is 31.6 Å². The van der Waals surface area contributed by atoms with Crippen molar-refractivity contribution in [2.24, 2.45) is 5.73 Å². The fourth-order valence-corrected chi connectivity index (χ4v) is 5.48. The zero-order valence-corrected chi connectivity index (χ0v) is 28.1. The Morgan fingerprint density at radius 1 is 0.915 bits per heavy atom. The average Bonchev–Trinajstić information content (AvgIpc) is 3.02. The minimum Gasteiger partial charge on any atom is -0.356 e. The van der Waals surface area contributed by atoms with Crippen molar-refractivity contribution < 1.29 is 18.8 Å². The fourth-order valence-electron chi connectivity index (χ4n) is 4.99. The maximum Gasteiger partial charge on any atom is 0.243 e. The van der Waals surface area contributed by atoms with Crippen molar-refractivity contribution >= 4 is 40.9 Å². The third kappa shape index (κ3) is 13.0. The molecule has 0 fully saturated rings. The molecule has 9 nitrogen and oxygen atoms in total. The zero-order chi connectivity index (χ0) is 34.3. The van der Waals surface area contributed by atoms with Crippen LogP contribution in [0.2, 0.25) is 10.0 Å². The molecule has 0 aliphatic heterocycles. The Hall–Kier alpha value is -4.01. The van der Waals surface area contributed by atoms with Crippen molar-refractivity contribution in [1.29, 1.82) is 5.26 Å². The van der Waals surface area contributed by atoms with Gasteiger partial charge in [0, 0.05) is 35.5 Å². The molecule has 3 aromatic carbocycles. The van der Waals surface area contributed by atoms with Crippen LogP contribution in [0.4, 0.5) is 4.39 Å². The standard InChI is InChI=1S/C35H41Cl2FN6O3/c1-44(2)16-6-5-15-41-33(45)21-29(17-23-9-13-28(38)14-10-23)42-35(47)32(19-25-11-12-27(36)20-30(25)37)43-34(46)31(40)18-24-7-3-4-8-26(24)22-39/h3-4,7-14,20,29,31-32H,5-6,15-19,21,40H2,1-2H3,(H,41,45)(H,42,47)(H,43,46)/t29-,31+,32+/m0/s1. The Kier molecular flexibility index (Phi) is 15.1. The highest BCUT2D eigenvalue weighted by molar-refractivity contribution is 6.35. The van der Waals surface area contributed by atoms with Crippen LogP contribution < -0.4 is 21.7 Å². The van der Waals surface area contributed by atoms with Crippen LogP contribution in [-0.2, 0) is 33.6 Å². The van der Waals surface area contributed by atoms with Gasteiger partial charge in [0.2, 0.25) is 17.7 Å². The van der Waals surface area contributed by atoms with Crippen molar-refractivity contribution in [3.8, 4) is 6.07 Å². The maximum absolute atomic E-state index is 13.9. The summed E-state index contributed by atoms with van der Waals surface area (Å²) in [5.74, 6) is -1.81. The van der Waals surface area contributed by atoms with Crippen molar-refractivity contribution in [3.05, 3.63) is 105 Å².